The molecule has 2 aromatic rings. The van der Waals surface area contributed by atoms with E-state index in [9.17, 15) is 18.0 Å². The Hall–Kier alpha value is -1.96. The molecule has 21 heavy (non-hydrogen) atoms. The Balaban J connectivity index is 2.17. The minimum atomic E-state index is -4.30. The fourth-order valence-corrected chi connectivity index (χ4v) is 2.86. The summed E-state index contributed by atoms with van der Waals surface area (Å²) in [6, 6.07) is 5.14. The molecule has 0 spiro atoms. The first-order valence-corrected chi connectivity index (χ1v) is 6.84. The van der Waals surface area contributed by atoms with Gasteiger partial charge in [-0.15, -0.1) is 11.3 Å². The highest BCUT2D eigenvalue weighted by Crippen LogP contribution is 2.35. The fraction of sp³-hybridized carbons (Fsp3) is 0.308. The summed E-state index contributed by atoms with van der Waals surface area (Å²) in [6.07, 6.45) is -5.37. The van der Waals surface area contributed by atoms with Crippen LogP contribution >= 0.6 is 11.3 Å². The van der Waals surface area contributed by atoms with Crippen LogP contribution in [0.1, 0.15) is 16.1 Å². The molecule has 0 saturated heterocycles. The first-order valence-electron chi connectivity index (χ1n) is 6.03. The van der Waals surface area contributed by atoms with E-state index in [1.54, 1.807) is 18.2 Å². The lowest BCUT2D eigenvalue weighted by atomic mass is 10.2. The number of hydrogen-bond acceptors (Lipinski definition) is 4. The molecule has 1 amide bonds. The number of ether oxygens (including phenoxy) is 1. The van der Waals surface area contributed by atoms with Gasteiger partial charge in [-0.05, 0) is 18.2 Å². The van der Waals surface area contributed by atoms with Crippen molar-refractivity contribution in [2.75, 3.05) is 19.4 Å². The van der Waals surface area contributed by atoms with Crippen LogP contribution in [0.3, 0.4) is 0 Å². The van der Waals surface area contributed by atoms with E-state index in [1.165, 1.54) is 7.11 Å². The number of nitrogens with one attached hydrogen (secondary N) is 1. The van der Waals surface area contributed by atoms with Gasteiger partial charge in [-0.25, -0.2) is 0 Å². The average Bonchev–Trinajstić information content (AvgIpc) is 2.74. The number of amides is 1. The molecule has 0 aliphatic rings. The monoisotopic (exact) mass is 318 g/mol. The fourth-order valence-electron chi connectivity index (χ4n) is 1.79. The molecule has 4 nitrogen and oxygen atoms in total. The Morgan fingerprint density at radius 2 is 2.14 bits per heavy atom. The molecule has 0 aliphatic heterocycles. The van der Waals surface area contributed by atoms with Gasteiger partial charge in [-0.3, -0.25) is 4.79 Å². The first-order chi connectivity index (χ1) is 9.81. The third-order valence-electron chi connectivity index (χ3n) is 2.84. The minimum absolute atomic E-state index is 0.209. The summed E-state index contributed by atoms with van der Waals surface area (Å²) in [4.78, 5) is 12.1. The van der Waals surface area contributed by atoms with Crippen molar-refractivity contribution in [3.8, 4) is 5.75 Å². The van der Waals surface area contributed by atoms with Gasteiger partial charge in [0, 0.05) is 16.6 Å². The number of hydrogen-bond donors (Lipinski definition) is 2. The number of carbonyl (C=O) groups is 1. The zero-order valence-corrected chi connectivity index (χ0v) is 11.9. The number of methoxy groups -OCH3 is 1. The van der Waals surface area contributed by atoms with Crippen LogP contribution in [0.25, 0.3) is 10.1 Å². The van der Waals surface area contributed by atoms with E-state index in [-0.39, 0.29) is 10.6 Å². The van der Waals surface area contributed by atoms with Gasteiger partial charge in [0.2, 0.25) is 0 Å². The Morgan fingerprint density at radius 3 is 2.76 bits per heavy atom. The average molecular weight is 318 g/mol. The maximum atomic E-state index is 12.1. The van der Waals surface area contributed by atoms with Crippen molar-refractivity contribution in [1.29, 1.82) is 0 Å². The third-order valence-corrected chi connectivity index (χ3v) is 4.00. The SMILES string of the molecule is COc1ccc2c(N)c(C(=O)NCCC(F)(F)F)sc2c1. The van der Waals surface area contributed by atoms with Gasteiger partial charge in [0.05, 0.1) is 19.2 Å². The predicted molar refractivity (Wildman–Crippen MR) is 75.8 cm³/mol. The van der Waals surface area contributed by atoms with E-state index in [4.69, 9.17) is 10.5 Å². The first kappa shape index (κ1) is 15.4. The number of nitrogens with two attached hydrogens (primary N) is 1. The van der Waals surface area contributed by atoms with Crippen molar-refractivity contribution in [1.82, 2.24) is 5.32 Å². The van der Waals surface area contributed by atoms with Crippen LogP contribution in [0.5, 0.6) is 5.75 Å². The molecule has 3 N–H and O–H groups in total. The Morgan fingerprint density at radius 1 is 1.43 bits per heavy atom. The molecule has 8 heteroatoms. The molecule has 0 aliphatic carbocycles. The van der Waals surface area contributed by atoms with Crippen LogP contribution in [-0.2, 0) is 0 Å². The molecular formula is C13H13F3N2O2S. The molecule has 2 rings (SSSR count). The summed E-state index contributed by atoms with van der Waals surface area (Å²) >= 11 is 1.12. The quantitative estimate of drug-likeness (QED) is 0.910. The second kappa shape index (κ2) is 5.80. The van der Waals surface area contributed by atoms with E-state index >= 15 is 0 Å². The van der Waals surface area contributed by atoms with Gasteiger partial charge >= 0.3 is 6.18 Å². The second-order valence-electron chi connectivity index (χ2n) is 4.33. The lowest BCUT2D eigenvalue weighted by Gasteiger charge is -2.07. The van der Waals surface area contributed by atoms with Crippen molar-refractivity contribution in [3.63, 3.8) is 0 Å². The van der Waals surface area contributed by atoms with Crippen LogP contribution in [0.2, 0.25) is 0 Å². The second-order valence-corrected chi connectivity index (χ2v) is 5.38. The van der Waals surface area contributed by atoms with Crippen LogP contribution in [-0.4, -0.2) is 25.7 Å². The summed E-state index contributed by atoms with van der Waals surface area (Å²) in [7, 11) is 1.52. The molecule has 1 heterocycles. The van der Waals surface area contributed by atoms with Crippen molar-refractivity contribution < 1.29 is 22.7 Å². The number of nitrogen functional groups attached to an aromatic ring is 1. The zero-order valence-electron chi connectivity index (χ0n) is 11.1. The summed E-state index contributed by atoms with van der Waals surface area (Å²) < 4.78 is 42.0. The molecule has 0 bridgehead atoms. The van der Waals surface area contributed by atoms with E-state index in [2.05, 4.69) is 5.32 Å². The molecule has 1 aromatic carbocycles. The van der Waals surface area contributed by atoms with E-state index in [0.717, 1.165) is 16.0 Å². The molecule has 0 radical (unpaired) electrons. The third kappa shape index (κ3) is 3.57. The zero-order chi connectivity index (χ0) is 15.6. The highest BCUT2D eigenvalue weighted by molar-refractivity contribution is 7.21. The Kier molecular flexibility index (Phi) is 4.26. The van der Waals surface area contributed by atoms with E-state index in [1.807, 2.05) is 0 Å². The summed E-state index contributed by atoms with van der Waals surface area (Å²) in [5.74, 6) is 0.0182. The van der Waals surface area contributed by atoms with Gasteiger partial charge in [0.1, 0.15) is 10.6 Å². The van der Waals surface area contributed by atoms with Gasteiger partial charge in [-0.1, -0.05) is 0 Å². The standard InChI is InChI=1S/C13H13F3N2O2S/c1-20-7-2-3-8-9(6-7)21-11(10(8)17)12(19)18-5-4-13(14,15)16/h2-3,6H,4-5,17H2,1H3,(H,18,19). The van der Waals surface area contributed by atoms with E-state index in [0.29, 0.717) is 11.1 Å². The predicted octanol–water partition coefficient (Wildman–Crippen LogP) is 3.17. The van der Waals surface area contributed by atoms with Gasteiger partial charge in [0.15, 0.2) is 0 Å². The smallest absolute Gasteiger partial charge is 0.390 e. The summed E-state index contributed by atoms with van der Waals surface area (Å²) in [5, 5.41) is 2.91. The summed E-state index contributed by atoms with van der Waals surface area (Å²) in [5.41, 5.74) is 6.14. The van der Waals surface area contributed by atoms with Gasteiger partial charge in [-0.2, -0.15) is 13.2 Å². The normalized spacial score (nSPS) is 11.6. The van der Waals surface area contributed by atoms with Crippen molar-refractivity contribution >= 4 is 33.0 Å². The van der Waals surface area contributed by atoms with Gasteiger partial charge in [0.25, 0.3) is 5.91 Å². The van der Waals surface area contributed by atoms with Crippen molar-refractivity contribution in [3.05, 3.63) is 23.1 Å². The molecule has 0 unspecified atom stereocenters. The number of anilines is 1. The highest BCUT2D eigenvalue weighted by atomic mass is 32.1. The van der Waals surface area contributed by atoms with Crippen LogP contribution in [0, 0.1) is 0 Å². The molecule has 114 valence electrons. The number of rotatable bonds is 4. The largest absolute Gasteiger partial charge is 0.497 e. The lowest BCUT2D eigenvalue weighted by molar-refractivity contribution is -0.132. The number of thiophene rings is 1. The Labute approximate surface area is 122 Å². The van der Waals surface area contributed by atoms with Crippen molar-refractivity contribution in [2.45, 2.75) is 12.6 Å². The van der Waals surface area contributed by atoms with Crippen molar-refractivity contribution in [2.24, 2.45) is 0 Å². The summed E-state index contributed by atoms with van der Waals surface area (Å²) in [6.45, 7) is -0.473. The maximum absolute atomic E-state index is 12.1. The molecule has 1 aromatic heterocycles. The number of carbonyl (C=O) groups excluding carboxylic acids is 1. The number of alkyl halides is 3. The maximum Gasteiger partial charge on any atom is 0.390 e. The van der Waals surface area contributed by atoms with E-state index < -0.39 is 25.0 Å². The van der Waals surface area contributed by atoms with Crippen LogP contribution < -0.4 is 15.8 Å². The number of benzene rings is 1. The van der Waals surface area contributed by atoms with Gasteiger partial charge < -0.3 is 15.8 Å². The minimum Gasteiger partial charge on any atom is -0.497 e. The Bertz CT molecular complexity index is 667. The highest BCUT2D eigenvalue weighted by Gasteiger charge is 2.27. The molecule has 0 fully saturated rings. The number of fused-ring (bicyclic) bond motifs is 1. The lowest BCUT2D eigenvalue weighted by Crippen LogP contribution is -2.27. The topological polar surface area (TPSA) is 64.3 Å². The molecule has 0 saturated carbocycles. The van der Waals surface area contributed by atoms with Crippen LogP contribution in [0.4, 0.5) is 18.9 Å². The number of halogens is 3. The molecular weight excluding hydrogens is 305 g/mol. The molecule has 0 atom stereocenters. The van der Waals surface area contributed by atoms with Crippen LogP contribution in [0.15, 0.2) is 18.2 Å².